The highest BCUT2D eigenvalue weighted by atomic mass is 35.5. The van der Waals surface area contributed by atoms with Crippen molar-refractivity contribution in [3.05, 3.63) is 87.4 Å². The summed E-state index contributed by atoms with van der Waals surface area (Å²) in [6.45, 7) is 4.70. The summed E-state index contributed by atoms with van der Waals surface area (Å²) in [5.41, 5.74) is 0.678. The van der Waals surface area contributed by atoms with E-state index in [4.69, 9.17) is 39.5 Å². The number of anilines is 1. The molecule has 3 aromatic carbocycles. The molecule has 0 heterocycles. The minimum atomic E-state index is -4.28. The molecule has 0 aliphatic heterocycles. The molecule has 0 saturated carbocycles. The first kappa shape index (κ1) is 32.5. The Morgan fingerprint density at radius 3 is 2.24 bits per heavy atom. The Labute approximate surface area is 256 Å². The molecule has 0 unspecified atom stereocenters. The molecular weight excluding hydrogens is 609 g/mol. The molecule has 0 aliphatic rings. The van der Waals surface area contributed by atoms with Crippen molar-refractivity contribution >= 4 is 62.3 Å². The monoisotopic (exact) mass is 639 g/mol. The highest BCUT2D eigenvalue weighted by molar-refractivity contribution is 7.92. The lowest BCUT2D eigenvalue weighted by molar-refractivity contribution is -0.139. The lowest BCUT2D eigenvalue weighted by Gasteiger charge is -2.33. The van der Waals surface area contributed by atoms with Gasteiger partial charge in [0.15, 0.2) is 0 Å². The van der Waals surface area contributed by atoms with Crippen molar-refractivity contribution in [2.24, 2.45) is 0 Å². The predicted octanol–water partition coefficient (Wildman–Crippen LogP) is 6.18. The summed E-state index contributed by atoms with van der Waals surface area (Å²) in [6, 6.07) is 16.0. The van der Waals surface area contributed by atoms with E-state index in [1.54, 1.807) is 49.4 Å². The Morgan fingerprint density at radius 1 is 0.951 bits per heavy atom. The van der Waals surface area contributed by atoms with Crippen molar-refractivity contribution in [1.82, 2.24) is 10.2 Å². The van der Waals surface area contributed by atoms with Crippen LogP contribution in [0.3, 0.4) is 0 Å². The van der Waals surface area contributed by atoms with Crippen LogP contribution in [0.1, 0.15) is 32.8 Å². The van der Waals surface area contributed by atoms with Crippen LogP contribution >= 0.6 is 34.8 Å². The summed E-state index contributed by atoms with van der Waals surface area (Å²) in [6.07, 6.45) is 0.691. The molecule has 3 aromatic rings. The maximum atomic E-state index is 14.1. The average molecular weight is 641 g/mol. The first-order valence-corrected chi connectivity index (χ1v) is 15.4. The third-order valence-corrected chi connectivity index (χ3v) is 9.27. The van der Waals surface area contributed by atoms with E-state index in [-0.39, 0.29) is 44.9 Å². The smallest absolute Gasteiger partial charge is 0.264 e. The molecule has 0 radical (unpaired) electrons. The Bertz CT molecular complexity index is 1490. The van der Waals surface area contributed by atoms with Crippen LogP contribution in [-0.4, -0.2) is 50.9 Å². The summed E-state index contributed by atoms with van der Waals surface area (Å²) >= 11 is 18.6. The molecule has 2 amide bonds. The zero-order valence-corrected chi connectivity index (χ0v) is 26.2. The van der Waals surface area contributed by atoms with E-state index in [1.807, 2.05) is 13.8 Å². The standard InChI is InChI=1S/C29H32Cl3N3O5S/c1-5-19(2)33-29(37)20(3)34(17-21-11-13-24(31)25(32)15-21)28(36)18-35(26-16-22(30)12-14-27(26)40-4)41(38,39)23-9-7-6-8-10-23/h6-16,19-20H,5,17-18H2,1-4H3,(H,33,37)/t19-,20+/m0/s1. The maximum absolute atomic E-state index is 14.1. The van der Waals surface area contributed by atoms with E-state index < -0.39 is 28.5 Å². The van der Waals surface area contributed by atoms with Crippen molar-refractivity contribution in [2.45, 2.75) is 50.7 Å². The molecule has 220 valence electrons. The van der Waals surface area contributed by atoms with Gasteiger partial charge in [0, 0.05) is 17.6 Å². The van der Waals surface area contributed by atoms with Crippen LogP contribution in [0.4, 0.5) is 5.69 Å². The minimum absolute atomic E-state index is 0.0310. The molecule has 0 aliphatic carbocycles. The van der Waals surface area contributed by atoms with Crippen LogP contribution < -0.4 is 14.4 Å². The minimum Gasteiger partial charge on any atom is -0.495 e. The average Bonchev–Trinajstić information content (AvgIpc) is 2.96. The Morgan fingerprint density at radius 2 is 1.63 bits per heavy atom. The van der Waals surface area contributed by atoms with E-state index in [9.17, 15) is 18.0 Å². The third-order valence-electron chi connectivity index (χ3n) is 6.52. The molecule has 0 fully saturated rings. The summed E-state index contributed by atoms with van der Waals surface area (Å²) in [5, 5.41) is 3.75. The SMILES string of the molecule is CC[C@H](C)NC(=O)[C@@H](C)N(Cc1ccc(Cl)c(Cl)c1)C(=O)CN(c1cc(Cl)ccc1OC)S(=O)(=O)c1ccccc1. The van der Waals surface area contributed by atoms with E-state index in [1.165, 1.54) is 36.3 Å². The van der Waals surface area contributed by atoms with Crippen molar-refractivity contribution in [3.63, 3.8) is 0 Å². The molecule has 0 aromatic heterocycles. The number of nitrogens with zero attached hydrogens (tertiary/aromatic N) is 2. The number of carbonyl (C=O) groups is 2. The Balaban J connectivity index is 2.10. The van der Waals surface area contributed by atoms with Gasteiger partial charge in [0.2, 0.25) is 11.8 Å². The molecule has 2 atom stereocenters. The molecule has 0 bridgehead atoms. The third kappa shape index (κ3) is 8.07. The lowest BCUT2D eigenvalue weighted by atomic mass is 10.1. The summed E-state index contributed by atoms with van der Waals surface area (Å²) in [4.78, 5) is 28.5. The van der Waals surface area contributed by atoms with Gasteiger partial charge in [-0.25, -0.2) is 8.42 Å². The predicted molar refractivity (Wildman–Crippen MR) is 163 cm³/mol. The molecule has 0 saturated heterocycles. The first-order valence-electron chi connectivity index (χ1n) is 12.8. The molecule has 8 nitrogen and oxygen atoms in total. The van der Waals surface area contributed by atoms with Crippen molar-refractivity contribution in [2.75, 3.05) is 18.0 Å². The van der Waals surface area contributed by atoms with Gasteiger partial charge in [0.1, 0.15) is 18.3 Å². The molecule has 3 rings (SSSR count). The summed E-state index contributed by atoms with van der Waals surface area (Å²) < 4.78 is 34.3. The second-order valence-electron chi connectivity index (χ2n) is 9.40. The number of benzene rings is 3. The second-order valence-corrected chi connectivity index (χ2v) is 12.5. The summed E-state index contributed by atoms with van der Waals surface area (Å²) in [7, 11) is -2.89. The fourth-order valence-electron chi connectivity index (χ4n) is 3.97. The molecular formula is C29H32Cl3N3O5S. The molecule has 12 heteroatoms. The second kappa shape index (κ2) is 14.3. The van der Waals surface area contributed by atoms with Gasteiger partial charge in [0.25, 0.3) is 10.0 Å². The van der Waals surface area contributed by atoms with Gasteiger partial charge < -0.3 is 15.0 Å². The van der Waals surface area contributed by atoms with Crippen LogP contribution in [-0.2, 0) is 26.2 Å². The summed E-state index contributed by atoms with van der Waals surface area (Å²) in [5.74, 6) is -0.824. The molecule has 0 spiro atoms. The topological polar surface area (TPSA) is 96.0 Å². The fourth-order valence-corrected chi connectivity index (χ4v) is 5.90. The van der Waals surface area contributed by atoms with E-state index in [0.717, 1.165) is 4.31 Å². The number of methoxy groups -OCH3 is 1. The van der Waals surface area contributed by atoms with E-state index >= 15 is 0 Å². The fraction of sp³-hybridized carbons (Fsp3) is 0.310. The van der Waals surface area contributed by atoms with Crippen molar-refractivity contribution < 1.29 is 22.7 Å². The number of carbonyl (C=O) groups excluding carboxylic acids is 2. The number of halogens is 3. The number of hydrogen-bond donors (Lipinski definition) is 1. The first-order chi connectivity index (χ1) is 19.4. The Hall–Kier alpha value is -2.98. The number of ether oxygens (including phenoxy) is 1. The molecule has 1 N–H and O–H groups in total. The van der Waals surface area contributed by atoms with Crippen LogP contribution in [0.25, 0.3) is 0 Å². The van der Waals surface area contributed by atoms with Crippen LogP contribution in [0.5, 0.6) is 5.75 Å². The van der Waals surface area contributed by atoms with E-state index in [2.05, 4.69) is 5.32 Å². The van der Waals surface area contributed by atoms with Gasteiger partial charge >= 0.3 is 0 Å². The van der Waals surface area contributed by atoms with Crippen LogP contribution in [0.15, 0.2) is 71.6 Å². The highest BCUT2D eigenvalue weighted by Crippen LogP contribution is 2.35. The largest absolute Gasteiger partial charge is 0.495 e. The highest BCUT2D eigenvalue weighted by Gasteiger charge is 2.34. The maximum Gasteiger partial charge on any atom is 0.264 e. The van der Waals surface area contributed by atoms with Crippen LogP contribution in [0.2, 0.25) is 15.1 Å². The van der Waals surface area contributed by atoms with Crippen molar-refractivity contribution in [3.8, 4) is 5.75 Å². The van der Waals surface area contributed by atoms with Crippen molar-refractivity contribution in [1.29, 1.82) is 0 Å². The number of sulfonamides is 1. The zero-order chi connectivity index (χ0) is 30.3. The van der Waals surface area contributed by atoms with Gasteiger partial charge in [-0.15, -0.1) is 0 Å². The van der Waals surface area contributed by atoms with Crippen LogP contribution in [0, 0.1) is 0 Å². The Kier molecular flexibility index (Phi) is 11.3. The number of hydrogen-bond acceptors (Lipinski definition) is 5. The number of amides is 2. The quantitative estimate of drug-likeness (QED) is 0.255. The van der Waals surface area contributed by atoms with Gasteiger partial charge in [-0.2, -0.15) is 0 Å². The van der Waals surface area contributed by atoms with Gasteiger partial charge in [0.05, 0.1) is 27.7 Å². The van der Waals surface area contributed by atoms with Gasteiger partial charge in [-0.3, -0.25) is 13.9 Å². The number of nitrogens with one attached hydrogen (secondary N) is 1. The number of rotatable bonds is 12. The normalized spacial score (nSPS) is 12.8. The molecule has 41 heavy (non-hydrogen) atoms. The van der Waals surface area contributed by atoms with Gasteiger partial charge in [-0.05, 0) is 68.3 Å². The van der Waals surface area contributed by atoms with E-state index in [0.29, 0.717) is 17.0 Å². The lowest BCUT2D eigenvalue weighted by Crippen LogP contribution is -2.52. The van der Waals surface area contributed by atoms with Gasteiger partial charge in [-0.1, -0.05) is 66.0 Å². The zero-order valence-electron chi connectivity index (χ0n) is 23.1.